The lowest BCUT2D eigenvalue weighted by molar-refractivity contribution is 0.680. The molecule has 0 aliphatic rings. The number of anilines is 1. The van der Waals surface area contributed by atoms with Crippen LogP contribution < -0.4 is 4.72 Å². The maximum Gasteiger partial charge on any atom is 0.119 e. The second-order valence-electron chi connectivity index (χ2n) is 3.41. The minimum absolute atomic E-state index is 0.124. The van der Waals surface area contributed by atoms with E-state index in [1.807, 2.05) is 39.0 Å². The zero-order chi connectivity index (χ0) is 10.7. The number of hydrogen-bond acceptors (Lipinski definition) is 1. The normalized spacial score (nSPS) is 12.9. The Balaban J connectivity index is 2.78. The molecular weight excluding hydrogens is 262 g/mol. The van der Waals surface area contributed by atoms with E-state index < -0.39 is 11.0 Å². The summed E-state index contributed by atoms with van der Waals surface area (Å²) in [7, 11) is -1.00. The van der Waals surface area contributed by atoms with Crippen LogP contribution in [0.2, 0.25) is 0 Å². The smallest absolute Gasteiger partial charge is 0.119 e. The third-order valence-electron chi connectivity index (χ3n) is 1.80. The predicted molar refractivity (Wildman–Crippen MR) is 65.8 cm³/mol. The van der Waals surface area contributed by atoms with Crippen LogP contribution in [0.5, 0.6) is 0 Å². The molecule has 0 spiro atoms. The summed E-state index contributed by atoms with van der Waals surface area (Å²) in [6.45, 7) is 5.86. The Kier molecular flexibility index (Phi) is 4.13. The minimum atomic E-state index is -1.00. The van der Waals surface area contributed by atoms with Crippen molar-refractivity contribution in [2.75, 3.05) is 4.72 Å². The van der Waals surface area contributed by atoms with E-state index in [1.165, 1.54) is 0 Å². The van der Waals surface area contributed by atoms with Crippen molar-refractivity contribution in [2.24, 2.45) is 0 Å². The zero-order valence-corrected chi connectivity index (χ0v) is 10.9. The van der Waals surface area contributed by atoms with Gasteiger partial charge in [0.15, 0.2) is 0 Å². The molecule has 0 amide bonds. The zero-order valence-electron chi connectivity index (χ0n) is 8.50. The van der Waals surface area contributed by atoms with E-state index in [-0.39, 0.29) is 5.25 Å². The first kappa shape index (κ1) is 11.7. The number of halogens is 1. The number of rotatable bonds is 3. The topological polar surface area (TPSA) is 29.1 Å². The van der Waals surface area contributed by atoms with Crippen LogP contribution in [0.3, 0.4) is 0 Å². The van der Waals surface area contributed by atoms with Crippen LogP contribution in [0.15, 0.2) is 22.7 Å². The molecule has 1 aromatic rings. The SMILES string of the molecule is Cc1cc(NS(=O)C(C)C)ccc1Br. The van der Waals surface area contributed by atoms with Gasteiger partial charge in [-0.15, -0.1) is 0 Å². The Morgan fingerprint density at radius 3 is 2.57 bits per heavy atom. The van der Waals surface area contributed by atoms with E-state index in [9.17, 15) is 4.21 Å². The molecule has 0 saturated heterocycles. The lowest BCUT2D eigenvalue weighted by Gasteiger charge is -2.09. The molecule has 0 radical (unpaired) electrons. The van der Waals surface area contributed by atoms with Crippen LogP contribution in [-0.4, -0.2) is 9.46 Å². The summed E-state index contributed by atoms with van der Waals surface area (Å²) in [6, 6.07) is 5.84. The molecule has 0 fully saturated rings. The highest BCUT2D eigenvalue weighted by molar-refractivity contribution is 9.10. The van der Waals surface area contributed by atoms with Crippen molar-refractivity contribution < 1.29 is 4.21 Å². The number of aryl methyl sites for hydroxylation is 1. The van der Waals surface area contributed by atoms with Crippen LogP contribution in [0, 0.1) is 6.92 Å². The van der Waals surface area contributed by atoms with Crippen LogP contribution in [0.4, 0.5) is 5.69 Å². The molecule has 0 aliphatic carbocycles. The van der Waals surface area contributed by atoms with E-state index in [1.54, 1.807) is 0 Å². The highest BCUT2D eigenvalue weighted by atomic mass is 79.9. The largest absolute Gasteiger partial charge is 0.305 e. The molecule has 0 bridgehead atoms. The van der Waals surface area contributed by atoms with Crippen LogP contribution >= 0.6 is 15.9 Å². The Morgan fingerprint density at radius 1 is 1.43 bits per heavy atom. The molecule has 1 N–H and O–H groups in total. The summed E-state index contributed by atoms with van der Waals surface area (Å²) >= 11 is 3.42. The quantitative estimate of drug-likeness (QED) is 0.902. The van der Waals surface area contributed by atoms with Gasteiger partial charge in [0.2, 0.25) is 0 Å². The van der Waals surface area contributed by atoms with E-state index in [2.05, 4.69) is 20.7 Å². The van der Waals surface area contributed by atoms with Crippen molar-refractivity contribution >= 4 is 32.6 Å². The van der Waals surface area contributed by atoms with Crippen molar-refractivity contribution in [3.8, 4) is 0 Å². The predicted octanol–water partition coefficient (Wildman–Crippen LogP) is 3.24. The van der Waals surface area contributed by atoms with Crippen LogP contribution in [-0.2, 0) is 11.0 Å². The number of hydrogen-bond donors (Lipinski definition) is 1. The summed E-state index contributed by atoms with van der Waals surface area (Å²) in [6.07, 6.45) is 0. The molecule has 1 atom stereocenters. The summed E-state index contributed by atoms with van der Waals surface area (Å²) in [4.78, 5) is 0. The van der Waals surface area contributed by atoms with Gasteiger partial charge in [-0.25, -0.2) is 4.21 Å². The Bertz CT molecular complexity index is 352. The monoisotopic (exact) mass is 275 g/mol. The minimum Gasteiger partial charge on any atom is -0.305 e. The highest BCUT2D eigenvalue weighted by Crippen LogP contribution is 2.20. The second-order valence-corrected chi connectivity index (χ2v) is 6.01. The fourth-order valence-electron chi connectivity index (χ4n) is 0.942. The fourth-order valence-corrected chi connectivity index (χ4v) is 1.78. The van der Waals surface area contributed by atoms with Gasteiger partial charge < -0.3 is 4.72 Å². The van der Waals surface area contributed by atoms with E-state index in [0.717, 1.165) is 15.7 Å². The lowest BCUT2D eigenvalue weighted by atomic mass is 10.2. The summed E-state index contributed by atoms with van der Waals surface area (Å²) < 4.78 is 15.5. The van der Waals surface area contributed by atoms with Crippen molar-refractivity contribution in [3.05, 3.63) is 28.2 Å². The first-order chi connectivity index (χ1) is 6.50. The van der Waals surface area contributed by atoms with Crippen LogP contribution in [0.25, 0.3) is 0 Å². The average molecular weight is 276 g/mol. The third-order valence-corrected chi connectivity index (χ3v) is 3.99. The molecule has 2 nitrogen and oxygen atoms in total. The van der Waals surface area contributed by atoms with Crippen LogP contribution in [0.1, 0.15) is 19.4 Å². The van der Waals surface area contributed by atoms with Gasteiger partial charge in [0.1, 0.15) is 11.0 Å². The highest BCUT2D eigenvalue weighted by Gasteiger charge is 2.05. The molecule has 14 heavy (non-hydrogen) atoms. The lowest BCUT2D eigenvalue weighted by Crippen LogP contribution is -2.14. The van der Waals surface area contributed by atoms with Crippen molar-refractivity contribution in [2.45, 2.75) is 26.0 Å². The number of nitrogens with one attached hydrogen (secondary N) is 1. The molecular formula is C10H14BrNOS. The fraction of sp³-hybridized carbons (Fsp3) is 0.400. The van der Waals surface area contributed by atoms with Crippen molar-refractivity contribution in [1.82, 2.24) is 0 Å². The average Bonchev–Trinajstić information content (AvgIpc) is 2.11. The molecule has 0 heterocycles. The molecule has 1 rings (SSSR count). The maximum atomic E-state index is 11.5. The Labute approximate surface area is 95.8 Å². The molecule has 0 aliphatic heterocycles. The standard InChI is InChI=1S/C10H14BrNOS/c1-7(2)14(13)12-9-4-5-10(11)8(3)6-9/h4-7,12H,1-3H3. The van der Waals surface area contributed by atoms with Gasteiger partial charge in [-0.05, 0) is 44.5 Å². The van der Waals surface area contributed by atoms with E-state index >= 15 is 0 Å². The molecule has 1 unspecified atom stereocenters. The van der Waals surface area contributed by atoms with Gasteiger partial charge in [-0.2, -0.15) is 0 Å². The molecule has 78 valence electrons. The van der Waals surface area contributed by atoms with E-state index in [0.29, 0.717) is 0 Å². The molecule has 4 heteroatoms. The molecule has 1 aromatic carbocycles. The van der Waals surface area contributed by atoms with E-state index in [4.69, 9.17) is 0 Å². The van der Waals surface area contributed by atoms with Gasteiger partial charge >= 0.3 is 0 Å². The number of benzene rings is 1. The second kappa shape index (κ2) is 4.94. The first-order valence-electron chi connectivity index (χ1n) is 4.44. The van der Waals surface area contributed by atoms with Gasteiger partial charge in [0.25, 0.3) is 0 Å². The summed E-state index contributed by atoms with van der Waals surface area (Å²) in [5, 5.41) is 0.124. The molecule has 0 saturated carbocycles. The summed E-state index contributed by atoms with van der Waals surface area (Å²) in [5.74, 6) is 0. The van der Waals surface area contributed by atoms with Gasteiger partial charge in [-0.1, -0.05) is 15.9 Å². The Morgan fingerprint density at radius 2 is 2.07 bits per heavy atom. The van der Waals surface area contributed by atoms with Crippen molar-refractivity contribution in [1.29, 1.82) is 0 Å². The van der Waals surface area contributed by atoms with Gasteiger partial charge in [-0.3, -0.25) is 0 Å². The molecule has 0 aromatic heterocycles. The first-order valence-corrected chi connectivity index (χ1v) is 6.44. The third kappa shape index (κ3) is 3.10. The van der Waals surface area contributed by atoms with Gasteiger partial charge in [0, 0.05) is 15.4 Å². The van der Waals surface area contributed by atoms with Gasteiger partial charge in [0.05, 0.1) is 0 Å². The Hall–Kier alpha value is -0.350. The maximum absolute atomic E-state index is 11.5. The summed E-state index contributed by atoms with van der Waals surface area (Å²) in [5.41, 5.74) is 2.04. The van der Waals surface area contributed by atoms with Crippen molar-refractivity contribution in [3.63, 3.8) is 0 Å².